The first-order valence-corrected chi connectivity index (χ1v) is 10.9. The van der Waals surface area contributed by atoms with E-state index in [1.807, 2.05) is 61.5 Å². The summed E-state index contributed by atoms with van der Waals surface area (Å²) in [5, 5.41) is 9.71. The van der Waals surface area contributed by atoms with Crippen molar-refractivity contribution < 1.29 is 19.4 Å². The number of aromatic hydroxyl groups is 1. The van der Waals surface area contributed by atoms with Gasteiger partial charge in [-0.15, -0.1) is 0 Å². The van der Waals surface area contributed by atoms with Gasteiger partial charge in [-0.25, -0.2) is 4.79 Å². The Balaban J connectivity index is 1.28. The molecule has 0 bridgehead atoms. The molecule has 7 nitrogen and oxygen atoms in total. The van der Waals surface area contributed by atoms with Crippen LogP contribution in [0.1, 0.15) is 22.9 Å². The third kappa shape index (κ3) is 5.27. The van der Waals surface area contributed by atoms with Crippen molar-refractivity contribution >= 4 is 17.4 Å². The number of hydrogen-bond acceptors (Lipinski definition) is 6. The first-order valence-electron chi connectivity index (χ1n) is 10.1. The number of benzene rings is 2. The Morgan fingerprint density at radius 3 is 2.58 bits per heavy atom. The third-order valence-corrected chi connectivity index (χ3v) is 6.09. The number of cyclic esters (lactones) is 1. The number of carbonyl (C=O) groups is 1. The Morgan fingerprint density at radius 2 is 1.90 bits per heavy atom. The van der Waals surface area contributed by atoms with Crippen LogP contribution in [0.5, 0.6) is 11.6 Å². The molecule has 1 aliphatic heterocycles. The van der Waals surface area contributed by atoms with Gasteiger partial charge >= 0.3 is 11.0 Å². The zero-order chi connectivity index (χ0) is 21.8. The standard InChI is InChI=1S/C23H24N2O5S/c1-15(25-13-19(30-23(25)28)11-16-5-3-2-4-6-16)14-29-18-9-7-17(8-10-18)12-20-21(26)24-22(27)31-20/h2-10,15,19,26H,11-14H2,1H3,(H,24,27). The zero-order valence-electron chi connectivity index (χ0n) is 17.1. The molecule has 0 spiro atoms. The minimum absolute atomic E-state index is 0.0766. The van der Waals surface area contributed by atoms with Crippen molar-refractivity contribution in [2.45, 2.75) is 31.9 Å². The SMILES string of the molecule is CC(COc1ccc(Cc2sc(=O)[nH]c2O)cc1)N1CC(Cc2ccccc2)OC1=O. The van der Waals surface area contributed by atoms with Crippen LogP contribution in [-0.4, -0.2) is 46.4 Å². The number of aromatic amines is 1. The summed E-state index contributed by atoms with van der Waals surface area (Å²) >= 11 is 1.00. The molecule has 2 atom stereocenters. The second-order valence-corrected chi connectivity index (χ2v) is 8.68. The van der Waals surface area contributed by atoms with Gasteiger partial charge in [-0.3, -0.25) is 14.7 Å². The maximum Gasteiger partial charge on any atom is 0.410 e. The highest BCUT2D eigenvalue weighted by Crippen LogP contribution is 2.23. The number of rotatable bonds is 8. The van der Waals surface area contributed by atoms with E-state index in [4.69, 9.17) is 9.47 Å². The van der Waals surface area contributed by atoms with Crippen molar-refractivity contribution in [3.63, 3.8) is 0 Å². The molecule has 2 heterocycles. The molecule has 3 aromatic rings. The largest absolute Gasteiger partial charge is 0.494 e. The van der Waals surface area contributed by atoms with Gasteiger partial charge in [-0.2, -0.15) is 0 Å². The average molecular weight is 441 g/mol. The van der Waals surface area contributed by atoms with Crippen LogP contribution in [0.2, 0.25) is 0 Å². The number of nitrogens with zero attached hydrogens (tertiary/aromatic N) is 1. The van der Waals surface area contributed by atoms with Gasteiger partial charge in [0, 0.05) is 12.8 Å². The average Bonchev–Trinajstić information content (AvgIpc) is 3.28. The molecule has 1 saturated heterocycles. The topological polar surface area (TPSA) is 91.9 Å². The van der Waals surface area contributed by atoms with Crippen LogP contribution in [0.25, 0.3) is 0 Å². The zero-order valence-corrected chi connectivity index (χ0v) is 17.9. The number of carbonyl (C=O) groups excluding carboxylic acids is 1. The van der Waals surface area contributed by atoms with E-state index < -0.39 is 0 Å². The molecule has 1 fully saturated rings. The highest BCUT2D eigenvalue weighted by Gasteiger charge is 2.34. The van der Waals surface area contributed by atoms with Gasteiger partial charge in [0.15, 0.2) is 0 Å². The van der Waals surface area contributed by atoms with Crippen molar-refractivity contribution in [1.29, 1.82) is 0 Å². The van der Waals surface area contributed by atoms with Gasteiger partial charge in [-0.1, -0.05) is 53.8 Å². The van der Waals surface area contributed by atoms with Crippen LogP contribution < -0.4 is 9.61 Å². The molecule has 1 aliphatic rings. The predicted molar refractivity (Wildman–Crippen MR) is 118 cm³/mol. The lowest BCUT2D eigenvalue weighted by Gasteiger charge is -2.22. The molecule has 162 valence electrons. The fourth-order valence-electron chi connectivity index (χ4n) is 3.55. The van der Waals surface area contributed by atoms with Gasteiger partial charge in [-0.05, 0) is 30.2 Å². The first kappa shape index (κ1) is 21.0. The number of ether oxygens (including phenoxy) is 2. The highest BCUT2D eigenvalue weighted by atomic mass is 32.1. The summed E-state index contributed by atoms with van der Waals surface area (Å²) in [6.07, 6.45) is 0.701. The van der Waals surface area contributed by atoms with Crippen molar-refractivity contribution in [3.05, 3.63) is 80.3 Å². The number of H-pyrrole nitrogens is 1. The predicted octanol–water partition coefficient (Wildman–Crippen LogP) is 3.56. The summed E-state index contributed by atoms with van der Waals surface area (Å²) < 4.78 is 11.4. The molecule has 0 saturated carbocycles. The Kier molecular flexibility index (Phi) is 6.27. The fraction of sp³-hybridized carbons (Fsp3) is 0.304. The lowest BCUT2D eigenvalue weighted by atomic mass is 10.1. The quantitative estimate of drug-likeness (QED) is 0.559. The van der Waals surface area contributed by atoms with Crippen LogP contribution in [0.4, 0.5) is 4.79 Å². The van der Waals surface area contributed by atoms with E-state index in [1.54, 1.807) is 4.90 Å². The normalized spacial score (nSPS) is 16.9. The van der Waals surface area contributed by atoms with E-state index in [0.717, 1.165) is 22.5 Å². The smallest absolute Gasteiger partial charge is 0.410 e. The summed E-state index contributed by atoms with van der Waals surface area (Å²) in [6.45, 7) is 2.84. The lowest BCUT2D eigenvalue weighted by Crippen LogP contribution is -2.38. The summed E-state index contributed by atoms with van der Waals surface area (Å²) in [7, 11) is 0. The second-order valence-electron chi connectivity index (χ2n) is 7.61. The molecule has 2 aromatic carbocycles. The maximum atomic E-state index is 12.3. The molecule has 0 aliphatic carbocycles. The molecular formula is C23H24N2O5S. The number of aromatic nitrogens is 1. The van der Waals surface area contributed by atoms with Gasteiger partial charge in [0.05, 0.1) is 17.5 Å². The molecule has 2 unspecified atom stereocenters. The van der Waals surface area contributed by atoms with Crippen LogP contribution in [0, 0.1) is 0 Å². The summed E-state index contributed by atoms with van der Waals surface area (Å²) in [6, 6.07) is 17.3. The Morgan fingerprint density at radius 1 is 1.16 bits per heavy atom. The third-order valence-electron chi connectivity index (χ3n) is 5.22. The molecular weight excluding hydrogens is 416 g/mol. The Hall–Kier alpha value is -3.26. The van der Waals surface area contributed by atoms with E-state index in [0.29, 0.717) is 36.6 Å². The number of hydrogen-bond donors (Lipinski definition) is 2. The molecule has 4 rings (SSSR count). The number of thiazole rings is 1. The summed E-state index contributed by atoms with van der Waals surface area (Å²) in [4.78, 5) is 28.0. The minimum atomic E-state index is -0.308. The van der Waals surface area contributed by atoms with E-state index in [-0.39, 0.29) is 29.0 Å². The van der Waals surface area contributed by atoms with E-state index >= 15 is 0 Å². The molecule has 1 amide bonds. The van der Waals surface area contributed by atoms with Crippen LogP contribution in [0.3, 0.4) is 0 Å². The molecule has 0 radical (unpaired) electrons. The van der Waals surface area contributed by atoms with Gasteiger partial charge in [0.25, 0.3) is 0 Å². The van der Waals surface area contributed by atoms with Crippen LogP contribution in [0.15, 0.2) is 59.4 Å². The van der Waals surface area contributed by atoms with E-state index in [2.05, 4.69) is 4.98 Å². The van der Waals surface area contributed by atoms with Crippen LogP contribution >= 0.6 is 11.3 Å². The second kappa shape index (κ2) is 9.26. The van der Waals surface area contributed by atoms with Gasteiger partial charge < -0.3 is 14.6 Å². The van der Waals surface area contributed by atoms with Crippen molar-refractivity contribution in [1.82, 2.24) is 9.88 Å². The maximum absolute atomic E-state index is 12.3. The van der Waals surface area contributed by atoms with Gasteiger partial charge in [0.2, 0.25) is 5.88 Å². The highest BCUT2D eigenvalue weighted by molar-refractivity contribution is 7.09. The van der Waals surface area contributed by atoms with Crippen molar-refractivity contribution in [3.8, 4) is 11.6 Å². The minimum Gasteiger partial charge on any atom is -0.494 e. The van der Waals surface area contributed by atoms with E-state index in [9.17, 15) is 14.7 Å². The van der Waals surface area contributed by atoms with Crippen molar-refractivity contribution in [2.75, 3.05) is 13.2 Å². The molecule has 31 heavy (non-hydrogen) atoms. The summed E-state index contributed by atoms with van der Waals surface area (Å²) in [5.74, 6) is 0.614. The van der Waals surface area contributed by atoms with Crippen LogP contribution in [-0.2, 0) is 17.6 Å². The lowest BCUT2D eigenvalue weighted by molar-refractivity contribution is 0.122. The Bertz CT molecular complexity index is 1080. The monoisotopic (exact) mass is 440 g/mol. The molecule has 2 N–H and O–H groups in total. The number of nitrogens with one attached hydrogen (secondary N) is 1. The molecule has 8 heteroatoms. The molecule has 1 aromatic heterocycles. The van der Waals surface area contributed by atoms with Gasteiger partial charge in [0.1, 0.15) is 18.5 Å². The van der Waals surface area contributed by atoms with E-state index in [1.165, 1.54) is 0 Å². The fourth-order valence-corrected chi connectivity index (χ4v) is 4.31. The first-order chi connectivity index (χ1) is 15.0. The Labute approximate surface area is 183 Å². The number of amides is 1. The van der Waals surface area contributed by atoms with Crippen molar-refractivity contribution in [2.24, 2.45) is 0 Å². The summed E-state index contributed by atoms with van der Waals surface area (Å²) in [5.41, 5.74) is 2.10.